The first-order chi connectivity index (χ1) is 14.5. The predicted molar refractivity (Wildman–Crippen MR) is 120 cm³/mol. The van der Waals surface area contributed by atoms with Gasteiger partial charge in [0.2, 0.25) is 0 Å². The van der Waals surface area contributed by atoms with E-state index in [1.54, 1.807) is 18.2 Å². The van der Waals surface area contributed by atoms with Crippen molar-refractivity contribution in [2.24, 2.45) is 0 Å². The van der Waals surface area contributed by atoms with E-state index < -0.39 is 0 Å². The van der Waals surface area contributed by atoms with Gasteiger partial charge in [0.1, 0.15) is 5.82 Å². The van der Waals surface area contributed by atoms with Crippen LogP contribution in [0.2, 0.25) is 0 Å². The van der Waals surface area contributed by atoms with Gasteiger partial charge in [0.25, 0.3) is 11.5 Å². The van der Waals surface area contributed by atoms with Crippen LogP contribution in [0.15, 0.2) is 47.3 Å². The number of rotatable bonds is 6. The lowest BCUT2D eigenvalue weighted by Crippen LogP contribution is -2.26. The molecule has 0 bridgehead atoms. The molecule has 0 spiro atoms. The molecule has 0 fully saturated rings. The summed E-state index contributed by atoms with van der Waals surface area (Å²) >= 11 is 5.24. The minimum absolute atomic E-state index is 0.147. The van der Waals surface area contributed by atoms with Gasteiger partial charge < -0.3 is 14.9 Å². The number of amides is 1. The van der Waals surface area contributed by atoms with Gasteiger partial charge >= 0.3 is 0 Å². The number of para-hydroxylation sites is 2. The van der Waals surface area contributed by atoms with Crippen molar-refractivity contribution >= 4 is 40.1 Å². The Bertz CT molecular complexity index is 1370. The van der Waals surface area contributed by atoms with Crippen LogP contribution in [0.3, 0.4) is 0 Å². The molecule has 0 radical (unpaired) electrons. The maximum atomic E-state index is 12.6. The zero-order valence-electron chi connectivity index (χ0n) is 16.9. The van der Waals surface area contributed by atoms with Crippen molar-refractivity contribution in [3.63, 3.8) is 0 Å². The lowest BCUT2D eigenvalue weighted by Gasteiger charge is -2.09. The summed E-state index contributed by atoms with van der Waals surface area (Å²) in [6.45, 7) is 5.67. The SMILES string of the molecule is CCn1c(=S)[nH]c2cc(C(=O)NCCCn3c(C)nc4ccccc43)ccc2c1=O. The van der Waals surface area contributed by atoms with E-state index in [4.69, 9.17) is 12.2 Å². The topological polar surface area (TPSA) is 84.7 Å². The van der Waals surface area contributed by atoms with Gasteiger partial charge in [-0.1, -0.05) is 12.1 Å². The van der Waals surface area contributed by atoms with Crippen LogP contribution in [0, 0.1) is 11.7 Å². The predicted octanol–water partition coefficient (Wildman–Crippen LogP) is 3.56. The van der Waals surface area contributed by atoms with Gasteiger partial charge in [-0.15, -0.1) is 0 Å². The molecule has 7 nitrogen and oxygen atoms in total. The number of aryl methyl sites for hydroxylation is 2. The third-order valence-electron chi connectivity index (χ3n) is 5.25. The monoisotopic (exact) mass is 421 g/mol. The maximum Gasteiger partial charge on any atom is 0.262 e. The second-order valence-electron chi connectivity index (χ2n) is 7.15. The highest BCUT2D eigenvalue weighted by Gasteiger charge is 2.10. The van der Waals surface area contributed by atoms with Crippen LogP contribution in [-0.4, -0.2) is 31.6 Å². The Morgan fingerprint density at radius 3 is 2.80 bits per heavy atom. The molecule has 2 heterocycles. The Labute approximate surface area is 178 Å². The van der Waals surface area contributed by atoms with Crippen molar-refractivity contribution in [1.29, 1.82) is 0 Å². The highest BCUT2D eigenvalue weighted by Crippen LogP contribution is 2.16. The molecule has 0 aliphatic heterocycles. The molecule has 0 saturated carbocycles. The van der Waals surface area contributed by atoms with Crippen LogP contribution in [-0.2, 0) is 13.1 Å². The lowest BCUT2D eigenvalue weighted by atomic mass is 10.1. The van der Waals surface area contributed by atoms with E-state index in [0.29, 0.717) is 34.3 Å². The molecular weight excluding hydrogens is 398 g/mol. The maximum absolute atomic E-state index is 12.6. The van der Waals surface area contributed by atoms with Crippen molar-refractivity contribution in [3.8, 4) is 0 Å². The fourth-order valence-corrected chi connectivity index (χ4v) is 4.02. The summed E-state index contributed by atoms with van der Waals surface area (Å²) < 4.78 is 4.02. The first-order valence-electron chi connectivity index (χ1n) is 9.96. The molecule has 0 saturated heterocycles. The van der Waals surface area contributed by atoms with Gasteiger partial charge in [-0.3, -0.25) is 14.2 Å². The average molecular weight is 422 g/mol. The van der Waals surface area contributed by atoms with E-state index in [2.05, 4.69) is 25.9 Å². The molecule has 1 amide bonds. The third kappa shape index (κ3) is 3.66. The number of hydrogen-bond acceptors (Lipinski definition) is 4. The summed E-state index contributed by atoms with van der Waals surface area (Å²) in [5.74, 6) is 0.785. The zero-order chi connectivity index (χ0) is 21.3. The molecule has 154 valence electrons. The number of carbonyl (C=O) groups excluding carboxylic acids is 1. The minimum Gasteiger partial charge on any atom is -0.352 e. The number of aromatic amines is 1. The number of benzene rings is 2. The van der Waals surface area contributed by atoms with E-state index in [1.807, 2.05) is 32.0 Å². The second-order valence-corrected chi connectivity index (χ2v) is 7.54. The van der Waals surface area contributed by atoms with Crippen molar-refractivity contribution in [3.05, 3.63) is 69.0 Å². The smallest absolute Gasteiger partial charge is 0.262 e. The summed E-state index contributed by atoms with van der Waals surface area (Å²) in [6, 6.07) is 13.1. The van der Waals surface area contributed by atoms with E-state index in [9.17, 15) is 9.59 Å². The van der Waals surface area contributed by atoms with Crippen molar-refractivity contribution < 1.29 is 4.79 Å². The normalized spacial score (nSPS) is 11.3. The summed E-state index contributed by atoms with van der Waals surface area (Å²) in [4.78, 5) is 32.7. The summed E-state index contributed by atoms with van der Waals surface area (Å²) in [5.41, 5.74) is 3.00. The molecule has 0 atom stereocenters. The van der Waals surface area contributed by atoms with Crippen LogP contribution < -0.4 is 10.9 Å². The quantitative estimate of drug-likeness (QED) is 0.368. The molecule has 4 aromatic rings. The average Bonchev–Trinajstić information content (AvgIpc) is 3.06. The van der Waals surface area contributed by atoms with E-state index >= 15 is 0 Å². The largest absolute Gasteiger partial charge is 0.352 e. The summed E-state index contributed by atoms with van der Waals surface area (Å²) in [6.07, 6.45) is 0.782. The van der Waals surface area contributed by atoms with Crippen molar-refractivity contribution in [2.75, 3.05) is 6.54 Å². The standard InChI is InChI=1S/C22H23N5O2S/c1-3-26-21(29)16-10-9-15(13-18(16)25-22(26)30)20(28)23-11-6-12-27-14(2)24-17-7-4-5-8-19(17)27/h4-5,7-10,13H,3,6,11-12H2,1-2H3,(H,23,28)(H,25,30). The number of nitrogens with one attached hydrogen (secondary N) is 2. The van der Waals surface area contributed by atoms with Crippen LogP contribution in [0.1, 0.15) is 29.5 Å². The number of fused-ring (bicyclic) bond motifs is 2. The lowest BCUT2D eigenvalue weighted by molar-refractivity contribution is 0.0953. The van der Waals surface area contributed by atoms with Crippen LogP contribution in [0.5, 0.6) is 0 Å². The van der Waals surface area contributed by atoms with E-state index in [1.165, 1.54) is 4.57 Å². The second kappa shape index (κ2) is 8.23. The van der Waals surface area contributed by atoms with Crippen LogP contribution in [0.4, 0.5) is 0 Å². The van der Waals surface area contributed by atoms with Gasteiger partial charge in [0, 0.05) is 25.2 Å². The Balaban J connectivity index is 1.44. The molecule has 8 heteroatoms. The molecule has 30 heavy (non-hydrogen) atoms. The Hall–Kier alpha value is -3.26. The van der Waals surface area contributed by atoms with Gasteiger partial charge in [0.15, 0.2) is 4.77 Å². The molecule has 2 N–H and O–H groups in total. The highest BCUT2D eigenvalue weighted by atomic mass is 32.1. The van der Waals surface area contributed by atoms with Crippen molar-refractivity contribution in [2.45, 2.75) is 33.4 Å². The van der Waals surface area contributed by atoms with Gasteiger partial charge in [-0.2, -0.15) is 0 Å². The number of aromatic nitrogens is 4. The van der Waals surface area contributed by atoms with E-state index in [0.717, 1.165) is 29.8 Å². The first kappa shape index (κ1) is 20.0. The van der Waals surface area contributed by atoms with Gasteiger partial charge in [0.05, 0.1) is 21.9 Å². The first-order valence-corrected chi connectivity index (χ1v) is 10.4. The van der Waals surface area contributed by atoms with Gasteiger partial charge in [-0.05, 0) is 62.8 Å². The molecule has 0 unspecified atom stereocenters. The van der Waals surface area contributed by atoms with Crippen LogP contribution >= 0.6 is 12.2 Å². The summed E-state index contributed by atoms with van der Waals surface area (Å²) in [7, 11) is 0. The van der Waals surface area contributed by atoms with E-state index in [-0.39, 0.29) is 11.5 Å². The van der Waals surface area contributed by atoms with Crippen LogP contribution in [0.25, 0.3) is 21.9 Å². The molecule has 4 rings (SSSR count). The molecular formula is C22H23N5O2S. The Kier molecular flexibility index (Phi) is 5.50. The molecule has 2 aromatic heterocycles. The zero-order valence-corrected chi connectivity index (χ0v) is 17.8. The molecule has 0 aliphatic carbocycles. The molecule has 2 aromatic carbocycles. The number of nitrogens with zero attached hydrogens (tertiary/aromatic N) is 3. The number of H-pyrrole nitrogens is 1. The number of imidazole rings is 1. The van der Waals surface area contributed by atoms with Gasteiger partial charge in [-0.25, -0.2) is 4.98 Å². The number of carbonyl (C=O) groups is 1. The summed E-state index contributed by atoms with van der Waals surface area (Å²) in [5, 5.41) is 3.47. The number of hydrogen-bond donors (Lipinski definition) is 2. The minimum atomic E-state index is -0.178. The third-order valence-corrected chi connectivity index (χ3v) is 5.57. The van der Waals surface area contributed by atoms with Crippen molar-refractivity contribution in [1.82, 2.24) is 24.4 Å². The fourth-order valence-electron chi connectivity index (χ4n) is 3.70. The highest BCUT2D eigenvalue weighted by molar-refractivity contribution is 7.71. The molecule has 0 aliphatic rings. The Morgan fingerprint density at radius 1 is 1.20 bits per heavy atom. The Morgan fingerprint density at radius 2 is 2.00 bits per heavy atom. The fraction of sp³-hybridized carbons (Fsp3) is 0.273.